The molecule has 0 aliphatic heterocycles. The van der Waals surface area contributed by atoms with Gasteiger partial charge in [-0.05, 0) is 129 Å². The molecular weight excluding hydrogens is 825 g/mol. The van der Waals surface area contributed by atoms with Crippen LogP contribution in [0.25, 0.3) is 92.9 Å². The van der Waals surface area contributed by atoms with Gasteiger partial charge in [0.25, 0.3) is 0 Å². The summed E-state index contributed by atoms with van der Waals surface area (Å²) in [4.78, 5) is 3.63. The Hall–Kier alpha value is -8.86. The molecule has 0 saturated carbocycles. The number of fused-ring (bicyclic) bond motifs is 10. The van der Waals surface area contributed by atoms with E-state index in [0.717, 1.165) is 23.1 Å². The second-order valence-corrected chi connectivity index (χ2v) is 17.2. The van der Waals surface area contributed by atoms with Crippen molar-refractivity contribution >= 4 is 94.1 Å². The Labute approximate surface area is 395 Å². The second-order valence-electron chi connectivity index (χ2n) is 17.2. The highest BCUT2D eigenvalue weighted by Crippen LogP contribution is 2.42. The summed E-state index contributed by atoms with van der Waals surface area (Å²) in [6, 6.07) is 77.0. The molecule has 0 spiro atoms. The van der Waals surface area contributed by atoms with E-state index >= 15 is 0 Å². The minimum atomic E-state index is 0.169. The number of aromatic nitrogens is 2. The zero-order chi connectivity index (χ0) is 46.1. The molecular formula is C64H48N4. The first kappa shape index (κ1) is 41.8. The summed E-state index contributed by atoms with van der Waals surface area (Å²) in [5, 5.41) is 20.3. The first-order valence-electron chi connectivity index (χ1n) is 23.1. The first-order chi connectivity index (χ1) is 33.5. The Morgan fingerprint density at radius 1 is 0.500 bits per heavy atom. The van der Waals surface area contributed by atoms with Crippen LogP contribution >= 0.6 is 0 Å². The van der Waals surface area contributed by atoms with Crippen LogP contribution in [0, 0.1) is 5.41 Å². The fraction of sp³-hybridized carbons (Fsp3) is 0.0312. The van der Waals surface area contributed by atoms with Crippen molar-refractivity contribution < 1.29 is 0 Å². The third kappa shape index (κ3) is 7.48. The molecule has 0 atom stereocenters. The molecule has 0 bridgehead atoms. The van der Waals surface area contributed by atoms with Crippen LogP contribution < -0.4 is 0 Å². The lowest BCUT2D eigenvalue weighted by atomic mass is 9.97. The van der Waals surface area contributed by atoms with Crippen LogP contribution in [0.1, 0.15) is 23.6 Å². The Morgan fingerprint density at radius 3 is 1.85 bits per heavy atom. The number of nitrogens with one attached hydrogen (secondary N) is 1. The normalized spacial score (nSPS) is 12.0. The quantitative estimate of drug-likeness (QED) is 0.0898. The maximum atomic E-state index is 7.65. The van der Waals surface area contributed by atoms with Crippen LogP contribution in [0.5, 0.6) is 0 Å². The zero-order valence-corrected chi connectivity index (χ0v) is 37.9. The topological polar surface area (TPSA) is 46.1 Å². The van der Waals surface area contributed by atoms with E-state index in [9.17, 15) is 0 Å². The van der Waals surface area contributed by atoms with Crippen LogP contribution in [0.15, 0.2) is 248 Å². The van der Waals surface area contributed by atoms with E-state index < -0.39 is 0 Å². The molecule has 2 heterocycles. The minimum absolute atomic E-state index is 0.169. The number of rotatable bonds is 8. The molecule has 12 aromatic rings. The van der Waals surface area contributed by atoms with Crippen LogP contribution in [-0.2, 0) is 6.42 Å². The van der Waals surface area contributed by atoms with Crippen LogP contribution in [0.2, 0.25) is 0 Å². The van der Waals surface area contributed by atoms with Gasteiger partial charge in [-0.2, -0.15) is 0 Å². The van der Waals surface area contributed by atoms with E-state index in [4.69, 9.17) is 5.41 Å². The number of benzene rings is 10. The fourth-order valence-corrected chi connectivity index (χ4v) is 10.0. The summed E-state index contributed by atoms with van der Waals surface area (Å²) in [7, 11) is 0. The van der Waals surface area contributed by atoms with Gasteiger partial charge in [-0.15, -0.1) is 0 Å². The third-order valence-electron chi connectivity index (χ3n) is 13.2. The van der Waals surface area contributed by atoms with Gasteiger partial charge in [0.05, 0.1) is 22.1 Å². The van der Waals surface area contributed by atoms with E-state index in [2.05, 4.69) is 209 Å². The van der Waals surface area contributed by atoms with Crippen molar-refractivity contribution in [3.63, 3.8) is 0 Å². The van der Waals surface area contributed by atoms with Crippen LogP contribution in [0.4, 0.5) is 0 Å². The van der Waals surface area contributed by atoms with Gasteiger partial charge in [0.2, 0.25) is 0 Å². The third-order valence-corrected chi connectivity index (χ3v) is 13.2. The number of hydrogen-bond donors (Lipinski definition) is 1. The van der Waals surface area contributed by atoms with Gasteiger partial charge >= 0.3 is 0 Å². The van der Waals surface area contributed by atoms with Crippen molar-refractivity contribution in [3.05, 3.63) is 259 Å². The van der Waals surface area contributed by atoms with Gasteiger partial charge < -0.3 is 9.13 Å². The molecule has 0 fully saturated rings. The molecule has 1 N–H and O–H groups in total. The molecule has 68 heavy (non-hydrogen) atoms. The van der Waals surface area contributed by atoms with Crippen molar-refractivity contribution in [2.75, 3.05) is 0 Å². The maximum absolute atomic E-state index is 7.65. The molecule has 12 rings (SSSR count). The smallest absolute Gasteiger partial charge is 0.150 e. The Bertz CT molecular complexity index is 3990. The van der Waals surface area contributed by atoms with Gasteiger partial charge in [-0.25, -0.2) is 4.99 Å². The SMILES string of the molecule is C=C/C(=C\C(=C/C)C(=N)N=C)c1ccccc1.c1ccc(Cc2cc(-n3c4ccccc4c4cc5c6c7ccccc7ccc6n(-c6ccc7ccccc7c6)c5cc43)cc3ccccc23)cc1. The summed E-state index contributed by atoms with van der Waals surface area (Å²) in [6.07, 6.45) is 6.37. The number of para-hydroxylation sites is 1. The Kier molecular flexibility index (Phi) is 11.0. The number of allylic oxidation sites excluding steroid dienone is 3. The van der Waals surface area contributed by atoms with Gasteiger partial charge in [0.1, 0.15) is 0 Å². The van der Waals surface area contributed by atoms with Gasteiger partial charge in [0, 0.05) is 38.5 Å². The Morgan fingerprint density at radius 2 is 1.10 bits per heavy atom. The molecule has 4 heteroatoms. The summed E-state index contributed by atoms with van der Waals surface area (Å²) in [6.45, 7) is 9.03. The lowest BCUT2D eigenvalue weighted by Crippen LogP contribution is -1.98. The van der Waals surface area contributed by atoms with E-state index in [1.165, 1.54) is 98.4 Å². The predicted molar refractivity (Wildman–Crippen MR) is 293 cm³/mol. The van der Waals surface area contributed by atoms with E-state index in [-0.39, 0.29) is 5.84 Å². The summed E-state index contributed by atoms with van der Waals surface area (Å²) in [5.74, 6) is 0.169. The van der Waals surface area contributed by atoms with E-state index in [1.54, 1.807) is 6.08 Å². The minimum Gasteiger partial charge on any atom is -0.309 e. The molecule has 0 unspecified atom stereocenters. The zero-order valence-electron chi connectivity index (χ0n) is 37.9. The molecule has 0 aliphatic rings. The molecule has 324 valence electrons. The van der Waals surface area contributed by atoms with Crippen molar-refractivity contribution in [2.45, 2.75) is 13.3 Å². The lowest BCUT2D eigenvalue weighted by Gasteiger charge is -2.14. The maximum Gasteiger partial charge on any atom is 0.150 e. The van der Waals surface area contributed by atoms with Gasteiger partial charge in [0.15, 0.2) is 5.84 Å². The number of hydrogen-bond acceptors (Lipinski definition) is 1. The predicted octanol–water partition coefficient (Wildman–Crippen LogP) is 16.8. The average molecular weight is 873 g/mol. The summed E-state index contributed by atoms with van der Waals surface area (Å²) in [5.41, 5.74) is 12.6. The average Bonchev–Trinajstić information content (AvgIpc) is 3.90. The van der Waals surface area contributed by atoms with Crippen molar-refractivity contribution in [1.29, 1.82) is 5.41 Å². The van der Waals surface area contributed by atoms with Crippen molar-refractivity contribution in [1.82, 2.24) is 9.13 Å². The number of aliphatic imine (C=N–C) groups is 1. The highest BCUT2D eigenvalue weighted by molar-refractivity contribution is 6.25. The van der Waals surface area contributed by atoms with E-state index in [0.29, 0.717) is 0 Å². The largest absolute Gasteiger partial charge is 0.309 e. The molecule has 4 nitrogen and oxygen atoms in total. The van der Waals surface area contributed by atoms with Crippen LogP contribution in [-0.4, -0.2) is 21.7 Å². The highest BCUT2D eigenvalue weighted by atomic mass is 15.0. The highest BCUT2D eigenvalue weighted by Gasteiger charge is 2.21. The van der Waals surface area contributed by atoms with Gasteiger partial charge in [-0.1, -0.05) is 183 Å². The molecule has 0 amide bonds. The van der Waals surface area contributed by atoms with Gasteiger partial charge in [-0.3, -0.25) is 5.41 Å². The molecule has 2 aromatic heterocycles. The van der Waals surface area contributed by atoms with Crippen molar-refractivity contribution in [3.8, 4) is 11.4 Å². The lowest BCUT2D eigenvalue weighted by molar-refractivity contribution is 1.15. The Balaban J connectivity index is 0.000000255. The molecule has 10 aromatic carbocycles. The second kappa shape index (κ2) is 17.8. The molecule has 0 aliphatic carbocycles. The number of amidine groups is 1. The standard InChI is InChI=1S/C49H32N2.C15H16N2/c1-2-12-32(13-3-1)26-37-29-39(28-36-17-7-8-18-40(36)37)51-45-21-11-10-20-42(45)43-30-44-48(31-47(43)51)50(38-24-22-33-14-4-5-16-35(33)27-38)46-25-23-34-15-6-9-19-41(34)49(44)46;1-4-12(14-9-7-6-8-10-14)11-13(5-2)15(16)17-3/h1-25,27-31H,26H2;4-11,16H,1,3H2,2H3/b;12-11+,13-5+,16-15?. The fourth-order valence-electron chi connectivity index (χ4n) is 10.0. The van der Waals surface area contributed by atoms with Crippen molar-refractivity contribution in [2.24, 2.45) is 4.99 Å². The number of nitrogens with zero attached hydrogens (tertiary/aromatic N) is 3. The van der Waals surface area contributed by atoms with E-state index in [1.807, 2.05) is 49.4 Å². The first-order valence-corrected chi connectivity index (χ1v) is 23.1. The molecule has 0 radical (unpaired) electrons. The van der Waals surface area contributed by atoms with Crippen LogP contribution in [0.3, 0.4) is 0 Å². The monoisotopic (exact) mass is 872 g/mol. The summed E-state index contributed by atoms with van der Waals surface area (Å²) < 4.78 is 4.97. The molecule has 0 saturated heterocycles. The summed E-state index contributed by atoms with van der Waals surface area (Å²) >= 11 is 0.